The molecule has 1 aromatic carbocycles. The van der Waals surface area contributed by atoms with Crippen molar-refractivity contribution in [1.82, 2.24) is 5.32 Å². The Morgan fingerprint density at radius 2 is 2.15 bits per heavy atom. The fourth-order valence-electron chi connectivity index (χ4n) is 3.31. The van der Waals surface area contributed by atoms with Gasteiger partial charge in [-0.25, -0.2) is 0 Å². The molecular weight excluding hydrogens is 330 g/mol. The molecule has 0 spiro atoms. The Morgan fingerprint density at radius 3 is 2.90 bits per heavy atom. The number of nitrogens with one attached hydrogen (secondary N) is 1. The summed E-state index contributed by atoms with van der Waals surface area (Å²) in [5.41, 5.74) is 3.11. The first-order valence-corrected chi connectivity index (χ1v) is 8.94. The SMILES string of the molecule is CCNC(Cc1ccc(Br)s1)C1CCc2ccccc21. The predicted octanol–water partition coefficient (Wildman–Crippen LogP) is 4.76. The summed E-state index contributed by atoms with van der Waals surface area (Å²) in [7, 11) is 0. The minimum Gasteiger partial charge on any atom is -0.313 e. The standard InChI is InChI=1S/C17H20BrNS/c1-2-19-16(11-13-8-10-17(18)20-13)15-9-7-12-5-3-4-6-14(12)15/h3-6,8,10,15-16,19H,2,7,9,11H2,1H3. The maximum Gasteiger partial charge on any atom is 0.0701 e. The van der Waals surface area contributed by atoms with E-state index in [-0.39, 0.29) is 0 Å². The van der Waals surface area contributed by atoms with Gasteiger partial charge in [0.2, 0.25) is 0 Å². The number of likely N-dealkylation sites (N-methyl/N-ethyl adjacent to an activating group) is 1. The first kappa shape index (κ1) is 14.3. The van der Waals surface area contributed by atoms with E-state index in [0.29, 0.717) is 12.0 Å². The van der Waals surface area contributed by atoms with Crippen LogP contribution in [0, 0.1) is 0 Å². The van der Waals surface area contributed by atoms with Crippen molar-refractivity contribution in [3.63, 3.8) is 0 Å². The smallest absolute Gasteiger partial charge is 0.0701 e. The molecule has 1 N–H and O–H groups in total. The highest BCUT2D eigenvalue weighted by molar-refractivity contribution is 9.11. The lowest BCUT2D eigenvalue weighted by atomic mass is 9.90. The van der Waals surface area contributed by atoms with E-state index in [1.165, 1.54) is 21.5 Å². The number of hydrogen-bond acceptors (Lipinski definition) is 2. The summed E-state index contributed by atoms with van der Waals surface area (Å²) in [6.45, 7) is 3.24. The van der Waals surface area contributed by atoms with Gasteiger partial charge >= 0.3 is 0 Å². The molecule has 1 nitrogen and oxygen atoms in total. The van der Waals surface area contributed by atoms with Crippen molar-refractivity contribution in [1.29, 1.82) is 0 Å². The van der Waals surface area contributed by atoms with E-state index in [1.54, 1.807) is 11.1 Å². The molecule has 3 heteroatoms. The molecule has 106 valence electrons. The number of hydrogen-bond donors (Lipinski definition) is 1. The van der Waals surface area contributed by atoms with E-state index in [2.05, 4.69) is 64.6 Å². The Bertz CT molecular complexity index is 578. The van der Waals surface area contributed by atoms with Gasteiger partial charge in [-0.1, -0.05) is 31.2 Å². The van der Waals surface area contributed by atoms with Crippen LogP contribution in [-0.4, -0.2) is 12.6 Å². The maximum atomic E-state index is 3.71. The van der Waals surface area contributed by atoms with Crippen LogP contribution in [0.1, 0.15) is 35.3 Å². The Kier molecular flexibility index (Phi) is 4.59. The van der Waals surface area contributed by atoms with Crippen molar-refractivity contribution < 1.29 is 0 Å². The van der Waals surface area contributed by atoms with E-state index in [0.717, 1.165) is 13.0 Å². The lowest BCUT2D eigenvalue weighted by molar-refractivity contribution is 0.437. The molecule has 2 unspecified atom stereocenters. The lowest BCUT2D eigenvalue weighted by Gasteiger charge is -2.25. The van der Waals surface area contributed by atoms with Crippen LogP contribution in [-0.2, 0) is 12.8 Å². The summed E-state index contributed by atoms with van der Waals surface area (Å²) in [6, 6.07) is 13.9. The Labute approximate surface area is 133 Å². The summed E-state index contributed by atoms with van der Waals surface area (Å²) < 4.78 is 1.23. The van der Waals surface area contributed by atoms with Crippen LogP contribution >= 0.6 is 27.3 Å². The number of halogens is 1. The third kappa shape index (κ3) is 3.00. The molecule has 1 aromatic heterocycles. The molecule has 2 atom stereocenters. The third-order valence-electron chi connectivity index (χ3n) is 4.18. The zero-order valence-corrected chi connectivity index (χ0v) is 14.1. The van der Waals surface area contributed by atoms with Crippen molar-refractivity contribution in [3.05, 3.63) is 56.2 Å². The molecule has 20 heavy (non-hydrogen) atoms. The summed E-state index contributed by atoms with van der Waals surface area (Å²) >= 11 is 5.43. The Hall–Kier alpha value is -0.640. The topological polar surface area (TPSA) is 12.0 Å². The van der Waals surface area contributed by atoms with Crippen molar-refractivity contribution >= 4 is 27.3 Å². The van der Waals surface area contributed by atoms with E-state index in [1.807, 2.05) is 11.3 Å². The molecule has 0 amide bonds. The molecule has 0 radical (unpaired) electrons. The van der Waals surface area contributed by atoms with Gasteiger partial charge in [-0.05, 0) is 65.0 Å². The maximum absolute atomic E-state index is 3.71. The highest BCUT2D eigenvalue weighted by Gasteiger charge is 2.29. The first-order chi connectivity index (χ1) is 9.78. The van der Waals surface area contributed by atoms with Crippen LogP contribution in [0.4, 0.5) is 0 Å². The van der Waals surface area contributed by atoms with Crippen molar-refractivity contribution in [3.8, 4) is 0 Å². The molecule has 2 aromatic rings. The number of benzene rings is 1. The third-order valence-corrected chi connectivity index (χ3v) is 5.83. The van der Waals surface area contributed by atoms with Crippen LogP contribution < -0.4 is 5.32 Å². The average Bonchev–Trinajstić information content (AvgIpc) is 3.04. The highest BCUT2D eigenvalue weighted by atomic mass is 79.9. The molecule has 0 fully saturated rings. The molecule has 0 saturated carbocycles. The van der Waals surface area contributed by atoms with Crippen LogP contribution in [0.5, 0.6) is 0 Å². The molecule has 0 saturated heterocycles. The quantitative estimate of drug-likeness (QED) is 0.820. The van der Waals surface area contributed by atoms with Gasteiger partial charge in [0.15, 0.2) is 0 Å². The van der Waals surface area contributed by atoms with Crippen LogP contribution in [0.15, 0.2) is 40.2 Å². The minimum atomic E-state index is 0.550. The summed E-state index contributed by atoms with van der Waals surface area (Å²) in [5.74, 6) is 0.659. The van der Waals surface area contributed by atoms with E-state index >= 15 is 0 Å². The fraction of sp³-hybridized carbons (Fsp3) is 0.412. The molecule has 0 bridgehead atoms. The molecular formula is C17H20BrNS. The van der Waals surface area contributed by atoms with Gasteiger partial charge in [0, 0.05) is 16.8 Å². The van der Waals surface area contributed by atoms with E-state index < -0.39 is 0 Å². The van der Waals surface area contributed by atoms with Crippen molar-refractivity contribution in [2.24, 2.45) is 0 Å². The van der Waals surface area contributed by atoms with Crippen LogP contribution in [0.25, 0.3) is 0 Å². The zero-order chi connectivity index (χ0) is 13.9. The van der Waals surface area contributed by atoms with Gasteiger partial charge in [0.25, 0.3) is 0 Å². The van der Waals surface area contributed by atoms with Crippen LogP contribution in [0.3, 0.4) is 0 Å². The average molecular weight is 350 g/mol. The largest absolute Gasteiger partial charge is 0.313 e. The van der Waals surface area contributed by atoms with Gasteiger partial charge < -0.3 is 5.32 Å². The second-order valence-electron chi connectivity index (χ2n) is 5.42. The van der Waals surface area contributed by atoms with Gasteiger partial charge in [0.05, 0.1) is 3.79 Å². The molecule has 1 aliphatic carbocycles. The Morgan fingerprint density at radius 1 is 1.30 bits per heavy atom. The molecule has 1 aliphatic rings. The molecule has 3 rings (SSSR count). The second kappa shape index (κ2) is 6.42. The van der Waals surface area contributed by atoms with E-state index in [9.17, 15) is 0 Å². The first-order valence-electron chi connectivity index (χ1n) is 7.33. The normalized spacial score (nSPS) is 19.0. The van der Waals surface area contributed by atoms with Crippen LogP contribution in [0.2, 0.25) is 0 Å². The Balaban J connectivity index is 1.81. The lowest BCUT2D eigenvalue weighted by Crippen LogP contribution is -2.35. The van der Waals surface area contributed by atoms with E-state index in [4.69, 9.17) is 0 Å². The minimum absolute atomic E-state index is 0.550. The van der Waals surface area contributed by atoms with Crippen molar-refractivity contribution in [2.45, 2.75) is 38.1 Å². The number of thiophene rings is 1. The summed E-state index contributed by atoms with van der Waals surface area (Å²) in [4.78, 5) is 1.47. The van der Waals surface area contributed by atoms with Crippen molar-refractivity contribution in [2.75, 3.05) is 6.54 Å². The molecule has 1 heterocycles. The van der Waals surface area contributed by atoms with Gasteiger partial charge in [-0.15, -0.1) is 11.3 Å². The predicted molar refractivity (Wildman–Crippen MR) is 90.7 cm³/mol. The number of rotatable bonds is 5. The number of fused-ring (bicyclic) bond motifs is 1. The van der Waals surface area contributed by atoms with Gasteiger partial charge in [-0.2, -0.15) is 0 Å². The molecule has 0 aliphatic heterocycles. The highest BCUT2D eigenvalue weighted by Crippen LogP contribution is 2.37. The van der Waals surface area contributed by atoms with Gasteiger partial charge in [-0.3, -0.25) is 0 Å². The second-order valence-corrected chi connectivity index (χ2v) is 7.97. The summed E-state index contributed by atoms with van der Waals surface area (Å²) in [5, 5.41) is 3.71. The van der Waals surface area contributed by atoms with Gasteiger partial charge in [0.1, 0.15) is 0 Å². The monoisotopic (exact) mass is 349 g/mol. The fourth-order valence-corrected chi connectivity index (χ4v) is 4.85. The summed E-state index contributed by atoms with van der Waals surface area (Å²) in [6.07, 6.45) is 3.64. The zero-order valence-electron chi connectivity index (χ0n) is 11.7. The number of aryl methyl sites for hydroxylation is 1.